The number of rotatable bonds is 5. The molecule has 2 rings (SSSR count). The number of nitrogens with one attached hydrogen (secondary N) is 2. The fourth-order valence-electron chi connectivity index (χ4n) is 1.42. The maximum Gasteiger partial charge on any atom is 0.137 e. The zero-order chi connectivity index (χ0) is 11.4. The minimum Gasteiger partial charge on any atom is -0.309 e. The van der Waals surface area contributed by atoms with Gasteiger partial charge in [0.1, 0.15) is 12.2 Å². The molecule has 1 atom stereocenters. The first-order valence-corrected chi connectivity index (χ1v) is 6.28. The Hall–Kier alpha value is -0.910. The summed E-state index contributed by atoms with van der Waals surface area (Å²) in [6.45, 7) is 2.99. The van der Waals surface area contributed by atoms with Crippen LogP contribution >= 0.6 is 22.9 Å². The average molecular weight is 257 g/mol. The molecule has 2 aromatic heterocycles. The Labute approximate surface area is 103 Å². The number of halogens is 1. The van der Waals surface area contributed by atoms with Gasteiger partial charge in [0.25, 0.3) is 0 Å². The lowest BCUT2D eigenvalue weighted by Crippen LogP contribution is -2.20. The monoisotopic (exact) mass is 256 g/mol. The molecular formula is C10H13ClN4S. The predicted molar refractivity (Wildman–Crippen MR) is 65.8 cm³/mol. The minimum absolute atomic E-state index is 0.320. The lowest BCUT2D eigenvalue weighted by Gasteiger charge is -2.10. The number of H-pyrrole nitrogens is 1. The molecule has 0 aliphatic carbocycles. The van der Waals surface area contributed by atoms with Crippen molar-refractivity contribution in [1.29, 1.82) is 0 Å². The van der Waals surface area contributed by atoms with Crippen LogP contribution in [-0.4, -0.2) is 21.7 Å². The number of aromatic nitrogens is 3. The van der Waals surface area contributed by atoms with Crippen molar-refractivity contribution < 1.29 is 0 Å². The SMILES string of the molecule is CC(NCCc1ncn[nH]1)c1ccc(Cl)s1. The summed E-state index contributed by atoms with van der Waals surface area (Å²) < 4.78 is 0.832. The second kappa shape index (κ2) is 5.43. The van der Waals surface area contributed by atoms with Crippen LogP contribution in [0.2, 0.25) is 4.34 Å². The molecular weight excluding hydrogens is 244 g/mol. The van der Waals surface area contributed by atoms with E-state index in [-0.39, 0.29) is 0 Å². The molecule has 2 aromatic rings. The quantitative estimate of drug-likeness (QED) is 0.864. The summed E-state index contributed by atoms with van der Waals surface area (Å²) >= 11 is 7.50. The van der Waals surface area contributed by atoms with E-state index in [1.54, 1.807) is 11.3 Å². The van der Waals surface area contributed by atoms with Gasteiger partial charge in [-0.05, 0) is 19.1 Å². The summed E-state index contributed by atoms with van der Waals surface area (Å²) in [5, 5.41) is 10.1. The molecule has 0 radical (unpaired) electrons. The van der Waals surface area contributed by atoms with Crippen molar-refractivity contribution in [2.24, 2.45) is 0 Å². The third-order valence-electron chi connectivity index (χ3n) is 2.30. The van der Waals surface area contributed by atoms with Crippen LogP contribution in [0, 0.1) is 0 Å². The Kier molecular flexibility index (Phi) is 3.93. The lowest BCUT2D eigenvalue weighted by molar-refractivity contribution is 0.578. The second-order valence-corrected chi connectivity index (χ2v) is 5.25. The highest BCUT2D eigenvalue weighted by Gasteiger charge is 2.07. The van der Waals surface area contributed by atoms with E-state index in [0.29, 0.717) is 6.04 Å². The van der Waals surface area contributed by atoms with Crippen LogP contribution in [0.25, 0.3) is 0 Å². The van der Waals surface area contributed by atoms with Crippen molar-refractivity contribution in [2.45, 2.75) is 19.4 Å². The summed E-state index contributed by atoms with van der Waals surface area (Å²) in [6.07, 6.45) is 2.38. The Morgan fingerprint density at radius 3 is 3.06 bits per heavy atom. The van der Waals surface area contributed by atoms with Crippen LogP contribution in [0.5, 0.6) is 0 Å². The van der Waals surface area contributed by atoms with Gasteiger partial charge < -0.3 is 5.32 Å². The summed E-state index contributed by atoms with van der Waals surface area (Å²) in [6, 6.07) is 4.30. The maximum atomic E-state index is 5.89. The number of aromatic amines is 1. The molecule has 16 heavy (non-hydrogen) atoms. The van der Waals surface area contributed by atoms with E-state index in [2.05, 4.69) is 33.5 Å². The third kappa shape index (κ3) is 3.04. The molecule has 0 aliphatic rings. The van der Waals surface area contributed by atoms with E-state index in [0.717, 1.165) is 23.1 Å². The van der Waals surface area contributed by atoms with Crippen LogP contribution in [0.15, 0.2) is 18.5 Å². The standard InChI is InChI=1S/C10H13ClN4S/c1-7(8-2-3-9(11)16-8)12-5-4-10-13-6-14-15-10/h2-3,6-7,12H,4-5H2,1H3,(H,13,14,15). The van der Waals surface area contributed by atoms with Gasteiger partial charge in [-0.15, -0.1) is 11.3 Å². The largest absolute Gasteiger partial charge is 0.309 e. The van der Waals surface area contributed by atoms with Crippen molar-refractivity contribution in [3.05, 3.63) is 33.5 Å². The van der Waals surface area contributed by atoms with Crippen molar-refractivity contribution in [3.63, 3.8) is 0 Å². The van der Waals surface area contributed by atoms with Gasteiger partial charge in [0, 0.05) is 23.9 Å². The number of hydrogen-bond donors (Lipinski definition) is 2. The first kappa shape index (κ1) is 11.6. The summed E-state index contributed by atoms with van der Waals surface area (Å²) in [5.41, 5.74) is 0. The van der Waals surface area contributed by atoms with Gasteiger partial charge in [-0.25, -0.2) is 4.98 Å². The fourth-order valence-corrected chi connectivity index (χ4v) is 2.51. The van der Waals surface area contributed by atoms with Crippen molar-refractivity contribution in [3.8, 4) is 0 Å². The zero-order valence-electron chi connectivity index (χ0n) is 8.90. The highest BCUT2D eigenvalue weighted by atomic mass is 35.5. The molecule has 0 saturated heterocycles. The summed E-state index contributed by atoms with van der Waals surface area (Å²) in [4.78, 5) is 5.32. The molecule has 0 aliphatic heterocycles. The van der Waals surface area contributed by atoms with Crippen LogP contribution in [-0.2, 0) is 6.42 Å². The van der Waals surface area contributed by atoms with Gasteiger partial charge in [0.2, 0.25) is 0 Å². The molecule has 0 spiro atoms. The van der Waals surface area contributed by atoms with E-state index in [1.165, 1.54) is 11.2 Å². The Balaban J connectivity index is 1.78. The first-order valence-electron chi connectivity index (χ1n) is 5.08. The number of thiophene rings is 1. The minimum atomic E-state index is 0.320. The van der Waals surface area contributed by atoms with E-state index in [4.69, 9.17) is 11.6 Å². The lowest BCUT2D eigenvalue weighted by atomic mass is 10.2. The summed E-state index contributed by atoms with van der Waals surface area (Å²) in [7, 11) is 0. The molecule has 1 unspecified atom stereocenters. The zero-order valence-corrected chi connectivity index (χ0v) is 10.5. The fraction of sp³-hybridized carbons (Fsp3) is 0.400. The predicted octanol–water partition coefficient (Wildman–Crippen LogP) is 2.41. The molecule has 4 nitrogen and oxygen atoms in total. The van der Waals surface area contributed by atoms with Crippen molar-refractivity contribution in [1.82, 2.24) is 20.5 Å². The van der Waals surface area contributed by atoms with Crippen LogP contribution < -0.4 is 5.32 Å². The average Bonchev–Trinajstić information content (AvgIpc) is 2.89. The third-order valence-corrected chi connectivity index (χ3v) is 3.71. The van der Waals surface area contributed by atoms with Crippen LogP contribution in [0.3, 0.4) is 0 Å². The van der Waals surface area contributed by atoms with Crippen molar-refractivity contribution >= 4 is 22.9 Å². The molecule has 6 heteroatoms. The van der Waals surface area contributed by atoms with Crippen LogP contribution in [0.1, 0.15) is 23.7 Å². The van der Waals surface area contributed by atoms with Gasteiger partial charge >= 0.3 is 0 Å². The van der Waals surface area contributed by atoms with E-state index >= 15 is 0 Å². The molecule has 0 fully saturated rings. The number of hydrogen-bond acceptors (Lipinski definition) is 4. The molecule has 0 bridgehead atoms. The maximum absolute atomic E-state index is 5.89. The van der Waals surface area contributed by atoms with Gasteiger partial charge in [-0.1, -0.05) is 11.6 Å². The molecule has 0 saturated carbocycles. The summed E-state index contributed by atoms with van der Waals surface area (Å²) in [5.74, 6) is 0.906. The van der Waals surface area contributed by atoms with E-state index in [9.17, 15) is 0 Å². The molecule has 86 valence electrons. The van der Waals surface area contributed by atoms with Crippen LogP contribution in [0.4, 0.5) is 0 Å². The molecule has 0 aromatic carbocycles. The van der Waals surface area contributed by atoms with Gasteiger partial charge in [0.15, 0.2) is 0 Å². The molecule has 0 amide bonds. The first-order chi connectivity index (χ1) is 7.75. The Morgan fingerprint density at radius 2 is 2.44 bits per heavy atom. The molecule has 2 N–H and O–H groups in total. The highest BCUT2D eigenvalue weighted by molar-refractivity contribution is 7.16. The van der Waals surface area contributed by atoms with E-state index < -0.39 is 0 Å². The van der Waals surface area contributed by atoms with Gasteiger partial charge in [-0.3, -0.25) is 5.10 Å². The van der Waals surface area contributed by atoms with Gasteiger partial charge in [0.05, 0.1) is 4.34 Å². The Morgan fingerprint density at radius 1 is 1.56 bits per heavy atom. The molecule has 2 heterocycles. The number of nitrogens with zero attached hydrogens (tertiary/aromatic N) is 2. The van der Waals surface area contributed by atoms with Gasteiger partial charge in [-0.2, -0.15) is 5.10 Å². The smallest absolute Gasteiger partial charge is 0.137 e. The van der Waals surface area contributed by atoms with E-state index in [1.807, 2.05) is 6.07 Å². The highest BCUT2D eigenvalue weighted by Crippen LogP contribution is 2.26. The second-order valence-electron chi connectivity index (χ2n) is 3.50. The van der Waals surface area contributed by atoms with Crippen molar-refractivity contribution in [2.75, 3.05) is 6.54 Å². The topological polar surface area (TPSA) is 53.6 Å². The Bertz CT molecular complexity index is 426. The normalized spacial score (nSPS) is 12.9.